The maximum atomic E-state index is 12.5. The topological polar surface area (TPSA) is 178 Å². The minimum absolute atomic E-state index is 0.0843. The molecule has 4 radical (unpaired) electrons. The summed E-state index contributed by atoms with van der Waals surface area (Å²) in [7, 11) is 4.98. The lowest BCUT2D eigenvalue weighted by atomic mass is 9.96. The van der Waals surface area contributed by atoms with Gasteiger partial charge in [-0.15, -0.1) is 0 Å². The van der Waals surface area contributed by atoms with Crippen LogP contribution in [-0.2, 0) is 50.9 Å². The van der Waals surface area contributed by atoms with Crippen LogP contribution in [0.15, 0.2) is 0 Å². The molecular formula is C17H30B2O14P2. The van der Waals surface area contributed by atoms with Gasteiger partial charge in [0.2, 0.25) is 0 Å². The van der Waals surface area contributed by atoms with E-state index in [4.69, 9.17) is 57.5 Å². The van der Waals surface area contributed by atoms with Crippen LogP contribution in [0.5, 0.6) is 0 Å². The lowest BCUT2D eigenvalue weighted by Gasteiger charge is -2.24. The number of aliphatic hydroxyl groups is 1. The van der Waals surface area contributed by atoms with E-state index in [2.05, 4.69) is 0 Å². The standard InChI is InChI=1S/C17H30B2O14P2/c1-25-6-12-10(4-16(19)29-12)32-34(21,22)28-8-14-11(5-17(20)31-14)33-35(23,24)27-7-13-9(26-2)3-15(18)30-13/h9-17,20H,3-8H2,1-2H3,(H,21,22)(H,23,24)/t9?,10?,11?,12-,13-,14-,15-,16-,17?/m1/s1. The van der Waals surface area contributed by atoms with Crippen LogP contribution in [0.2, 0.25) is 0 Å². The monoisotopic (exact) mass is 542 g/mol. The van der Waals surface area contributed by atoms with Crippen LogP contribution in [0, 0.1) is 0 Å². The van der Waals surface area contributed by atoms with E-state index < -0.39 is 77.2 Å². The zero-order chi connectivity index (χ0) is 25.8. The molecule has 3 aliphatic rings. The fourth-order valence-corrected chi connectivity index (χ4v) is 5.93. The van der Waals surface area contributed by atoms with Crippen molar-refractivity contribution in [1.29, 1.82) is 0 Å². The second kappa shape index (κ2) is 12.8. The number of phosphoric acid groups is 2. The number of aliphatic hydroxyl groups excluding tert-OH is 1. The van der Waals surface area contributed by atoms with Crippen molar-refractivity contribution in [3.05, 3.63) is 0 Å². The van der Waals surface area contributed by atoms with Crippen LogP contribution in [-0.4, -0.2) is 120 Å². The first-order chi connectivity index (χ1) is 16.4. The highest BCUT2D eigenvalue weighted by atomic mass is 31.2. The van der Waals surface area contributed by atoms with Gasteiger partial charge in [-0.05, 0) is 12.8 Å². The van der Waals surface area contributed by atoms with Gasteiger partial charge in [-0.2, -0.15) is 0 Å². The molecule has 3 aliphatic heterocycles. The Kier molecular flexibility index (Phi) is 10.8. The smallest absolute Gasteiger partial charge is 0.382 e. The normalized spacial score (nSPS) is 41.1. The fourth-order valence-electron chi connectivity index (χ4n) is 4.00. The molecule has 3 saturated heterocycles. The Labute approximate surface area is 205 Å². The second-order valence-electron chi connectivity index (χ2n) is 8.31. The number of ether oxygens (including phenoxy) is 5. The predicted octanol–water partition coefficient (Wildman–Crippen LogP) is -0.673. The Morgan fingerprint density at radius 2 is 1.23 bits per heavy atom. The third-order valence-corrected chi connectivity index (χ3v) is 7.64. The lowest BCUT2D eigenvalue weighted by Crippen LogP contribution is -2.31. The first-order valence-corrected chi connectivity index (χ1v) is 13.9. The van der Waals surface area contributed by atoms with Gasteiger partial charge in [0, 0.05) is 32.6 Å². The zero-order valence-electron chi connectivity index (χ0n) is 19.3. The molecule has 11 atom stereocenters. The summed E-state index contributed by atoms with van der Waals surface area (Å²) >= 11 is 0. The molecule has 18 heteroatoms. The third-order valence-electron chi connectivity index (χ3n) is 5.61. The van der Waals surface area contributed by atoms with E-state index in [1.54, 1.807) is 0 Å². The summed E-state index contributed by atoms with van der Waals surface area (Å²) in [6, 6.07) is -1.30. The Hall–Kier alpha value is 0.110. The van der Waals surface area contributed by atoms with Crippen molar-refractivity contribution in [1.82, 2.24) is 0 Å². The molecule has 198 valence electrons. The summed E-state index contributed by atoms with van der Waals surface area (Å²) in [6.07, 6.45) is -6.09. The van der Waals surface area contributed by atoms with Crippen LogP contribution in [0.1, 0.15) is 19.3 Å². The van der Waals surface area contributed by atoms with Gasteiger partial charge in [0.25, 0.3) is 0 Å². The molecule has 3 fully saturated rings. The second-order valence-corrected chi connectivity index (χ2v) is 11.1. The average molecular weight is 542 g/mol. The van der Waals surface area contributed by atoms with E-state index in [9.17, 15) is 24.0 Å². The van der Waals surface area contributed by atoms with E-state index >= 15 is 0 Å². The molecule has 0 aliphatic carbocycles. The Bertz CT molecular complexity index is 779. The van der Waals surface area contributed by atoms with E-state index in [0.29, 0.717) is 6.42 Å². The molecule has 6 unspecified atom stereocenters. The molecule has 3 heterocycles. The van der Waals surface area contributed by atoms with Crippen LogP contribution < -0.4 is 0 Å². The van der Waals surface area contributed by atoms with Crippen molar-refractivity contribution >= 4 is 31.3 Å². The summed E-state index contributed by atoms with van der Waals surface area (Å²) in [5.74, 6) is 0. The molecule has 0 bridgehead atoms. The van der Waals surface area contributed by atoms with Gasteiger partial charge >= 0.3 is 15.6 Å². The van der Waals surface area contributed by atoms with E-state index in [1.165, 1.54) is 14.2 Å². The molecular weight excluding hydrogens is 512 g/mol. The van der Waals surface area contributed by atoms with Gasteiger partial charge in [-0.3, -0.25) is 18.1 Å². The van der Waals surface area contributed by atoms with Crippen molar-refractivity contribution in [2.45, 2.75) is 74.2 Å². The highest BCUT2D eigenvalue weighted by Gasteiger charge is 2.44. The number of rotatable bonds is 13. The van der Waals surface area contributed by atoms with Gasteiger partial charge < -0.3 is 38.6 Å². The molecule has 3 N–H and O–H groups in total. The zero-order valence-corrected chi connectivity index (χ0v) is 21.1. The quantitative estimate of drug-likeness (QED) is 0.197. The fraction of sp³-hybridized carbons (Fsp3) is 1.00. The van der Waals surface area contributed by atoms with Crippen LogP contribution in [0.25, 0.3) is 0 Å². The van der Waals surface area contributed by atoms with E-state index in [0.717, 1.165) is 0 Å². The number of methoxy groups -OCH3 is 2. The summed E-state index contributed by atoms with van der Waals surface area (Å²) in [5.41, 5.74) is 0. The molecule has 0 spiro atoms. The summed E-state index contributed by atoms with van der Waals surface area (Å²) in [4.78, 5) is 20.2. The van der Waals surface area contributed by atoms with Gasteiger partial charge in [0.05, 0.1) is 32.0 Å². The molecule has 0 aromatic heterocycles. The van der Waals surface area contributed by atoms with Gasteiger partial charge in [0.15, 0.2) is 6.29 Å². The van der Waals surface area contributed by atoms with Crippen LogP contribution in [0.4, 0.5) is 0 Å². The largest absolute Gasteiger partial charge is 0.472 e. The number of hydrogen-bond donors (Lipinski definition) is 3. The first kappa shape index (κ1) is 29.7. The molecule has 0 saturated carbocycles. The maximum absolute atomic E-state index is 12.5. The SMILES string of the molecule is [B][C@H]1CC(OC)[C@@H](COP(=O)(O)OC2CC(O)O[C@@H]2COP(=O)(O)OC2C[C@H]([B])O[C@@H]2COC)O1. The third kappa shape index (κ3) is 8.83. The molecule has 0 amide bonds. The van der Waals surface area contributed by atoms with Gasteiger partial charge in [-0.1, -0.05) is 0 Å². The minimum atomic E-state index is -4.66. The number of hydrogen-bond acceptors (Lipinski definition) is 12. The Morgan fingerprint density at radius 1 is 0.771 bits per heavy atom. The number of phosphoric ester groups is 2. The van der Waals surface area contributed by atoms with Crippen molar-refractivity contribution in [3.8, 4) is 0 Å². The van der Waals surface area contributed by atoms with Crippen molar-refractivity contribution in [2.75, 3.05) is 34.0 Å². The highest BCUT2D eigenvalue weighted by Crippen LogP contribution is 2.50. The summed E-state index contributed by atoms with van der Waals surface area (Å²) < 4.78 is 71.3. The van der Waals surface area contributed by atoms with Crippen molar-refractivity contribution in [2.24, 2.45) is 0 Å². The summed E-state index contributed by atoms with van der Waals surface area (Å²) in [6.45, 7) is -0.859. The maximum Gasteiger partial charge on any atom is 0.472 e. The molecule has 14 nitrogen and oxygen atoms in total. The predicted molar refractivity (Wildman–Crippen MR) is 118 cm³/mol. The van der Waals surface area contributed by atoms with E-state index in [-0.39, 0.29) is 26.1 Å². The van der Waals surface area contributed by atoms with Crippen molar-refractivity contribution in [3.63, 3.8) is 0 Å². The van der Waals surface area contributed by atoms with Gasteiger partial charge in [-0.25, -0.2) is 9.13 Å². The first-order valence-electron chi connectivity index (χ1n) is 10.9. The van der Waals surface area contributed by atoms with Crippen LogP contribution >= 0.6 is 15.6 Å². The highest BCUT2D eigenvalue weighted by molar-refractivity contribution is 7.47. The Balaban J connectivity index is 1.51. The van der Waals surface area contributed by atoms with Crippen LogP contribution in [0.3, 0.4) is 0 Å². The average Bonchev–Trinajstić information content (AvgIpc) is 3.41. The minimum Gasteiger partial charge on any atom is -0.382 e. The molecule has 0 aromatic rings. The van der Waals surface area contributed by atoms with Gasteiger partial charge in [0.1, 0.15) is 40.1 Å². The van der Waals surface area contributed by atoms with Crippen molar-refractivity contribution < 1.29 is 65.8 Å². The Morgan fingerprint density at radius 3 is 1.74 bits per heavy atom. The molecule has 35 heavy (non-hydrogen) atoms. The lowest BCUT2D eigenvalue weighted by molar-refractivity contribution is -0.108. The summed E-state index contributed by atoms with van der Waals surface area (Å²) in [5, 5.41) is 9.82. The molecule has 0 aromatic carbocycles. The molecule has 3 rings (SSSR count). The van der Waals surface area contributed by atoms with E-state index in [1.807, 2.05) is 0 Å².